The van der Waals surface area contributed by atoms with Crippen molar-refractivity contribution in [2.45, 2.75) is 19.3 Å². The Morgan fingerprint density at radius 3 is 3.25 bits per heavy atom. The van der Waals surface area contributed by atoms with Crippen molar-refractivity contribution >= 4 is 5.57 Å². The van der Waals surface area contributed by atoms with Gasteiger partial charge in [-0.05, 0) is 24.5 Å². The van der Waals surface area contributed by atoms with Crippen LogP contribution in [0, 0.1) is 0 Å². The second-order valence-corrected chi connectivity index (χ2v) is 3.02. The van der Waals surface area contributed by atoms with E-state index in [9.17, 15) is 0 Å². The molecule has 0 amide bonds. The van der Waals surface area contributed by atoms with Crippen molar-refractivity contribution in [1.29, 1.82) is 0 Å². The van der Waals surface area contributed by atoms with E-state index in [0.717, 1.165) is 25.0 Å². The van der Waals surface area contributed by atoms with Crippen LogP contribution in [0.15, 0.2) is 22.8 Å². The average molecular weight is 164 g/mol. The van der Waals surface area contributed by atoms with Gasteiger partial charge < -0.3 is 9.52 Å². The largest absolute Gasteiger partial charge is 0.469 e. The summed E-state index contributed by atoms with van der Waals surface area (Å²) in [4.78, 5) is 0. The molecule has 12 heavy (non-hydrogen) atoms. The van der Waals surface area contributed by atoms with E-state index in [0.29, 0.717) is 0 Å². The molecular weight excluding hydrogens is 152 g/mol. The zero-order chi connectivity index (χ0) is 8.39. The number of allylic oxidation sites excluding steroid dienone is 1. The third-order valence-corrected chi connectivity index (χ3v) is 2.28. The van der Waals surface area contributed by atoms with Crippen molar-refractivity contribution in [3.05, 3.63) is 29.7 Å². The first-order chi connectivity index (χ1) is 5.92. The van der Waals surface area contributed by atoms with E-state index in [-0.39, 0.29) is 6.61 Å². The first-order valence-corrected chi connectivity index (χ1v) is 4.28. The Kier molecular flexibility index (Phi) is 2.00. The van der Waals surface area contributed by atoms with Crippen LogP contribution < -0.4 is 0 Å². The van der Waals surface area contributed by atoms with E-state index in [2.05, 4.69) is 0 Å². The Balaban J connectivity index is 2.38. The minimum Gasteiger partial charge on any atom is -0.469 e. The van der Waals surface area contributed by atoms with Gasteiger partial charge in [0.05, 0.1) is 12.9 Å². The van der Waals surface area contributed by atoms with Gasteiger partial charge in [-0.25, -0.2) is 0 Å². The molecule has 0 saturated carbocycles. The minimum absolute atomic E-state index is 0.125. The summed E-state index contributed by atoms with van der Waals surface area (Å²) in [5, 5.41) is 8.77. The van der Waals surface area contributed by atoms with E-state index in [1.54, 1.807) is 6.26 Å². The van der Waals surface area contributed by atoms with Crippen LogP contribution in [0.3, 0.4) is 0 Å². The summed E-state index contributed by atoms with van der Waals surface area (Å²) in [5.74, 6) is 1.07. The van der Waals surface area contributed by atoms with E-state index in [1.165, 1.54) is 11.1 Å². The predicted octanol–water partition coefficient (Wildman–Crippen LogP) is 1.99. The lowest BCUT2D eigenvalue weighted by Gasteiger charge is -2.12. The third kappa shape index (κ3) is 1.18. The molecule has 0 atom stereocenters. The highest BCUT2D eigenvalue weighted by molar-refractivity contribution is 5.68. The predicted molar refractivity (Wildman–Crippen MR) is 46.7 cm³/mol. The van der Waals surface area contributed by atoms with Crippen LogP contribution in [0.4, 0.5) is 0 Å². The van der Waals surface area contributed by atoms with E-state index in [1.807, 2.05) is 12.1 Å². The topological polar surface area (TPSA) is 33.4 Å². The number of rotatable bonds is 1. The fourth-order valence-electron chi connectivity index (χ4n) is 1.72. The summed E-state index contributed by atoms with van der Waals surface area (Å²) in [6.07, 6.45) is 6.82. The fourth-order valence-corrected chi connectivity index (χ4v) is 1.72. The molecule has 0 aromatic carbocycles. The van der Waals surface area contributed by atoms with Crippen LogP contribution in [0.1, 0.15) is 24.2 Å². The maximum absolute atomic E-state index is 8.77. The normalized spacial score (nSPS) is 19.6. The minimum atomic E-state index is 0.125. The second-order valence-electron chi connectivity index (χ2n) is 3.02. The van der Waals surface area contributed by atoms with E-state index >= 15 is 0 Å². The zero-order valence-corrected chi connectivity index (χ0v) is 6.92. The number of hydrogen-bond acceptors (Lipinski definition) is 2. The molecule has 1 aliphatic carbocycles. The molecule has 0 unspecified atom stereocenters. The quantitative estimate of drug-likeness (QED) is 0.688. The van der Waals surface area contributed by atoms with Gasteiger partial charge in [0.1, 0.15) is 5.76 Å². The molecule has 1 aliphatic rings. The molecule has 1 aromatic heterocycles. The summed E-state index contributed by atoms with van der Waals surface area (Å²) in [7, 11) is 0. The molecule has 1 aromatic rings. The lowest BCUT2D eigenvalue weighted by Crippen LogP contribution is -1.98. The fraction of sp³-hybridized carbons (Fsp3) is 0.400. The summed E-state index contributed by atoms with van der Waals surface area (Å²) >= 11 is 0. The van der Waals surface area contributed by atoms with Crippen LogP contribution in [-0.4, -0.2) is 11.7 Å². The lowest BCUT2D eigenvalue weighted by atomic mass is 9.93. The Labute approximate surface area is 71.5 Å². The number of aliphatic hydroxyl groups excluding tert-OH is 1. The molecule has 1 N–H and O–H groups in total. The molecule has 0 saturated heterocycles. The molecule has 1 heterocycles. The monoisotopic (exact) mass is 164 g/mol. The molecule has 0 bridgehead atoms. The van der Waals surface area contributed by atoms with Gasteiger partial charge in [-0.1, -0.05) is 6.08 Å². The molecule has 64 valence electrons. The van der Waals surface area contributed by atoms with Crippen molar-refractivity contribution in [3.8, 4) is 0 Å². The molecular formula is C10H12O2. The molecule has 0 spiro atoms. The highest BCUT2D eigenvalue weighted by Gasteiger charge is 2.15. The highest BCUT2D eigenvalue weighted by Crippen LogP contribution is 2.30. The number of furan rings is 1. The standard InChI is InChI=1S/C10H12O2/c11-6-4-8-2-1-3-10-9(8)5-7-12-10/h4-5,7,11H,1-3,6H2/b8-4-. The van der Waals surface area contributed by atoms with Gasteiger partial charge in [0.15, 0.2) is 0 Å². The number of aliphatic hydroxyl groups is 1. The average Bonchev–Trinajstić information content (AvgIpc) is 2.53. The summed E-state index contributed by atoms with van der Waals surface area (Å²) in [5.41, 5.74) is 2.42. The van der Waals surface area contributed by atoms with E-state index < -0.39 is 0 Å². The highest BCUT2D eigenvalue weighted by atomic mass is 16.3. The summed E-state index contributed by atoms with van der Waals surface area (Å²) in [6, 6.07) is 1.98. The van der Waals surface area contributed by atoms with Gasteiger partial charge in [0.2, 0.25) is 0 Å². The second kappa shape index (κ2) is 3.15. The molecule has 0 aliphatic heterocycles. The van der Waals surface area contributed by atoms with Crippen molar-refractivity contribution < 1.29 is 9.52 Å². The molecule has 2 rings (SSSR count). The smallest absolute Gasteiger partial charge is 0.111 e. The Bertz CT molecular complexity index is 297. The molecule has 0 radical (unpaired) electrons. The van der Waals surface area contributed by atoms with Crippen LogP contribution in [0.5, 0.6) is 0 Å². The van der Waals surface area contributed by atoms with Crippen molar-refractivity contribution in [2.75, 3.05) is 6.61 Å². The van der Waals surface area contributed by atoms with Gasteiger partial charge in [0.25, 0.3) is 0 Å². The van der Waals surface area contributed by atoms with Crippen LogP contribution in [0.25, 0.3) is 5.57 Å². The molecule has 2 heteroatoms. The SMILES string of the molecule is OC/C=C1/CCCc2occc21. The van der Waals surface area contributed by atoms with Gasteiger partial charge in [-0.15, -0.1) is 0 Å². The van der Waals surface area contributed by atoms with Crippen LogP contribution >= 0.6 is 0 Å². The number of fused-ring (bicyclic) bond motifs is 1. The summed E-state index contributed by atoms with van der Waals surface area (Å²) < 4.78 is 5.31. The molecule has 2 nitrogen and oxygen atoms in total. The van der Waals surface area contributed by atoms with Crippen molar-refractivity contribution in [3.63, 3.8) is 0 Å². The van der Waals surface area contributed by atoms with Crippen LogP contribution in [0.2, 0.25) is 0 Å². The third-order valence-electron chi connectivity index (χ3n) is 2.28. The maximum Gasteiger partial charge on any atom is 0.111 e. The number of hydrogen-bond donors (Lipinski definition) is 1. The van der Waals surface area contributed by atoms with Gasteiger partial charge >= 0.3 is 0 Å². The van der Waals surface area contributed by atoms with Crippen LogP contribution in [-0.2, 0) is 6.42 Å². The zero-order valence-electron chi connectivity index (χ0n) is 6.92. The Hall–Kier alpha value is -1.02. The van der Waals surface area contributed by atoms with Gasteiger partial charge in [-0.3, -0.25) is 0 Å². The van der Waals surface area contributed by atoms with Gasteiger partial charge in [0, 0.05) is 12.0 Å². The van der Waals surface area contributed by atoms with Crippen molar-refractivity contribution in [1.82, 2.24) is 0 Å². The molecule has 0 fully saturated rings. The Morgan fingerprint density at radius 1 is 1.50 bits per heavy atom. The van der Waals surface area contributed by atoms with E-state index in [4.69, 9.17) is 9.52 Å². The Morgan fingerprint density at radius 2 is 2.42 bits per heavy atom. The first kappa shape index (κ1) is 7.62. The maximum atomic E-state index is 8.77. The van der Waals surface area contributed by atoms with Gasteiger partial charge in [-0.2, -0.15) is 0 Å². The first-order valence-electron chi connectivity index (χ1n) is 4.28. The number of aryl methyl sites for hydroxylation is 1. The van der Waals surface area contributed by atoms with Crippen molar-refractivity contribution in [2.24, 2.45) is 0 Å². The summed E-state index contributed by atoms with van der Waals surface area (Å²) in [6.45, 7) is 0.125. The lowest BCUT2D eigenvalue weighted by molar-refractivity contribution is 0.343.